The number of anilines is 1. The molecule has 0 fully saturated rings. The zero-order valence-corrected chi connectivity index (χ0v) is 9.23. The number of rotatable bonds is 2. The average molecular weight is 229 g/mol. The second kappa shape index (κ2) is 4.61. The van der Waals surface area contributed by atoms with E-state index in [9.17, 15) is 9.59 Å². The summed E-state index contributed by atoms with van der Waals surface area (Å²) in [6.45, 7) is 1.68. The van der Waals surface area contributed by atoms with Gasteiger partial charge in [0.25, 0.3) is 5.91 Å². The SMILES string of the molecule is Cc1[nH]c(=O)ccc1C(=O)Nc1ccncc1. The van der Waals surface area contributed by atoms with Crippen LogP contribution < -0.4 is 10.9 Å². The summed E-state index contributed by atoms with van der Waals surface area (Å²) in [7, 11) is 0. The van der Waals surface area contributed by atoms with Gasteiger partial charge in [0.2, 0.25) is 5.56 Å². The quantitative estimate of drug-likeness (QED) is 0.815. The van der Waals surface area contributed by atoms with Gasteiger partial charge in [-0.05, 0) is 25.1 Å². The monoisotopic (exact) mass is 229 g/mol. The first-order chi connectivity index (χ1) is 8.16. The van der Waals surface area contributed by atoms with Crippen LogP contribution in [0.1, 0.15) is 16.1 Å². The number of pyridine rings is 2. The van der Waals surface area contributed by atoms with Crippen molar-refractivity contribution in [1.82, 2.24) is 9.97 Å². The highest BCUT2D eigenvalue weighted by Crippen LogP contribution is 2.08. The predicted molar refractivity (Wildman–Crippen MR) is 64.0 cm³/mol. The summed E-state index contributed by atoms with van der Waals surface area (Å²) >= 11 is 0. The molecule has 2 aromatic heterocycles. The Morgan fingerprint density at radius 3 is 2.59 bits per heavy atom. The molecule has 86 valence electrons. The van der Waals surface area contributed by atoms with Crippen LogP contribution in [0.5, 0.6) is 0 Å². The second-order valence-electron chi connectivity index (χ2n) is 3.55. The molecule has 0 aliphatic heterocycles. The van der Waals surface area contributed by atoms with Gasteiger partial charge in [-0.25, -0.2) is 0 Å². The summed E-state index contributed by atoms with van der Waals surface area (Å²) < 4.78 is 0. The van der Waals surface area contributed by atoms with Gasteiger partial charge in [-0.3, -0.25) is 14.6 Å². The summed E-state index contributed by atoms with van der Waals surface area (Å²) in [5, 5.41) is 2.72. The molecule has 2 aromatic rings. The lowest BCUT2D eigenvalue weighted by atomic mass is 10.2. The largest absolute Gasteiger partial charge is 0.326 e. The first-order valence-corrected chi connectivity index (χ1v) is 5.08. The number of aromatic nitrogens is 2. The molecule has 0 aliphatic rings. The third-order valence-electron chi connectivity index (χ3n) is 2.30. The summed E-state index contributed by atoms with van der Waals surface area (Å²) in [6.07, 6.45) is 3.19. The molecule has 2 rings (SSSR count). The molecule has 0 unspecified atom stereocenters. The van der Waals surface area contributed by atoms with Crippen molar-refractivity contribution < 1.29 is 4.79 Å². The fraction of sp³-hybridized carbons (Fsp3) is 0.0833. The highest BCUT2D eigenvalue weighted by Gasteiger charge is 2.09. The van der Waals surface area contributed by atoms with Crippen LogP contribution in [0.15, 0.2) is 41.5 Å². The van der Waals surface area contributed by atoms with Crippen LogP contribution in [0, 0.1) is 6.92 Å². The van der Waals surface area contributed by atoms with Crippen LogP contribution in [-0.2, 0) is 0 Å². The smallest absolute Gasteiger partial charge is 0.257 e. The summed E-state index contributed by atoms with van der Waals surface area (Å²) in [5.41, 5.74) is 1.43. The maximum Gasteiger partial charge on any atom is 0.257 e. The topological polar surface area (TPSA) is 74.8 Å². The van der Waals surface area contributed by atoms with Crippen molar-refractivity contribution in [2.24, 2.45) is 0 Å². The van der Waals surface area contributed by atoms with E-state index in [4.69, 9.17) is 0 Å². The molecule has 5 heteroatoms. The number of nitrogens with one attached hydrogen (secondary N) is 2. The Hall–Kier alpha value is -2.43. The molecule has 0 bridgehead atoms. The lowest BCUT2D eigenvalue weighted by molar-refractivity contribution is 0.102. The van der Waals surface area contributed by atoms with Gasteiger partial charge in [-0.2, -0.15) is 0 Å². The number of hydrogen-bond acceptors (Lipinski definition) is 3. The maximum absolute atomic E-state index is 11.9. The van der Waals surface area contributed by atoms with Gasteiger partial charge in [-0.1, -0.05) is 0 Å². The number of H-pyrrole nitrogens is 1. The number of aromatic amines is 1. The normalized spacial score (nSPS) is 9.94. The van der Waals surface area contributed by atoms with Crippen LogP contribution in [0.2, 0.25) is 0 Å². The number of hydrogen-bond donors (Lipinski definition) is 2. The first-order valence-electron chi connectivity index (χ1n) is 5.08. The number of nitrogens with zero attached hydrogens (tertiary/aromatic N) is 1. The number of carbonyl (C=O) groups excluding carboxylic acids is 1. The molecule has 1 amide bonds. The molecule has 0 aliphatic carbocycles. The van der Waals surface area contributed by atoms with Crippen molar-refractivity contribution in [2.75, 3.05) is 5.32 Å². The van der Waals surface area contributed by atoms with E-state index in [0.717, 1.165) is 0 Å². The molecule has 0 aromatic carbocycles. The molecular weight excluding hydrogens is 218 g/mol. The predicted octanol–water partition coefficient (Wildman–Crippen LogP) is 1.33. The van der Waals surface area contributed by atoms with Gasteiger partial charge in [0, 0.05) is 29.8 Å². The summed E-state index contributed by atoms with van der Waals surface area (Å²) in [5.74, 6) is -0.259. The highest BCUT2D eigenvalue weighted by atomic mass is 16.1. The standard InChI is InChI=1S/C12H11N3O2/c1-8-10(2-3-11(16)14-8)12(17)15-9-4-6-13-7-5-9/h2-7H,1H3,(H,14,16)(H,13,15,17). The van der Waals surface area contributed by atoms with Crippen molar-refractivity contribution in [3.8, 4) is 0 Å². The zero-order chi connectivity index (χ0) is 12.3. The Morgan fingerprint density at radius 2 is 1.94 bits per heavy atom. The number of carbonyl (C=O) groups is 1. The first kappa shape index (κ1) is 11.1. The lowest BCUT2D eigenvalue weighted by Gasteiger charge is -2.06. The van der Waals surface area contributed by atoms with Crippen molar-refractivity contribution in [2.45, 2.75) is 6.92 Å². The molecule has 0 saturated carbocycles. The molecule has 0 atom stereocenters. The van der Waals surface area contributed by atoms with Gasteiger partial charge in [0.1, 0.15) is 0 Å². The van der Waals surface area contributed by atoms with E-state index in [1.807, 2.05) is 0 Å². The van der Waals surface area contributed by atoms with Crippen LogP contribution in [0.4, 0.5) is 5.69 Å². The molecule has 0 saturated heterocycles. The third kappa shape index (κ3) is 2.57. The Balaban J connectivity index is 2.24. The van der Waals surface area contributed by atoms with Crippen molar-refractivity contribution in [1.29, 1.82) is 0 Å². The van der Waals surface area contributed by atoms with E-state index in [-0.39, 0.29) is 11.5 Å². The van der Waals surface area contributed by atoms with Crippen LogP contribution in [0.25, 0.3) is 0 Å². The Bertz CT molecular complexity index is 590. The third-order valence-corrected chi connectivity index (χ3v) is 2.30. The minimum Gasteiger partial charge on any atom is -0.326 e. The van der Waals surface area contributed by atoms with Gasteiger partial charge in [0.15, 0.2) is 0 Å². The second-order valence-corrected chi connectivity index (χ2v) is 3.55. The van der Waals surface area contributed by atoms with Crippen LogP contribution in [-0.4, -0.2) is 15.9 Å². The molecule has 2 N–H and O–H groups in total. The van der Waals surface area contributed by atoms with Gasteiger partial charge in [-0.15, -0.1) is 0 Å². The van der Waals surface area contributed by atoms with Gasteiger partial charge < -0.3 is 10.3 Å². The Kier molecular flexibility index (Phi) is 3.00. The van der Waals surface area contributed by atoms with Crippen LogP contribution >= 0.6 is 0 Å². The average Bonchev–Trinajstić information content (AvgIpc) is 2.30. The van der Waals surface area contributed by atoms with E-state index >= 15 is 0 Å². The minimum atomic E-state index is -0.259. The number of aryl methyl sites for hydroxylation is 1. The Morgan fingerprint density at radius 1 is 1.24 bits per heavy atom. The molecule has 0 spiro atoms. The fourth-order valence-corrected chi connectivity index (χ4v) is 1.46. The van der Waals surface area contributed by atoms with E-state index in [1.54, 1.807) is 31.5 Å². The molecule has 2 heterocycles. The zero-order valence-electron chi connectivity index (χ0n) is 9.23. The van der Waals surface area contributed by atoms with Crippen LogP contribution in [0.3, 0.4) is 0 Å². The lowest BCUT2D eigenvalue weighted by Crippen LogP contribution is -2.17. The van der Waals surface area contributed by atoms with Crippen molar-refractivity contribution >= 4 is 11.6 Å². The number of amides is 1. The van der Waals surface area contributed by atoms with E-state index in [2.05, 4.69) is 15.3 Å². The van der Waals surface area contributed by atoms with E-state index in [0.29, 0.717) is 16.9 Å². The molecule has 0 radical (unpaired) electrons. The summed E-state index contributed by atoms with van der Waals surface area (Å²) in [4.78, 5) is 29.4. The van der Waals surface area contributed by atoms with Crippen molar-refractivity contribution in [3.05, 3.63) is 58.3 Å². The Labute approximate surface area is 97.5 Å². The van der Waals surface area contributed by atoms with Gasteiger partial charge >= 0.3 is 0 Å². The molecule has 5 nitrogen and oxygen atoms in total. The van der Waals surface area contributed by atoms with E-state index in [1.165, 1.54) is 12.1 Å². The molecule has 17 heavy (non-hydrogen) atoms. The highest BCUT2D eigenvalue weighted by molar-refractivity contribution is 6.04. The van der Waals surface area contributed by atoms with Crippen molar-refractivity contribution in [3.63, 3.8) is 0 Å². The minimum absolute atomic E-state index is 0.219. The maximum atomic E-state index is 11.9. The summed E-state index contributed by atoms with van der Waals surface area (Å²) in [6, 6.07) is 6.22. The van der Waals surface area contributed by atoms with Gasteiger partial charge in [0.05, 0.1) is 5.56 Å². The van der Waals surface area contributed by atoms with E-state index < -0.39 is 0 Å². The molecular formula is C12H11N3O2. The fourth-order valence-electron chi connectivity index (χ4n) is 1.46.